The molecule has 3 fully saturated rings. The van der Waals surface area contributed by atoms with Crippen LogP contribution in [-0.2, 0) is 9.53 Å². The molecule has 0 amide bonds. The van der Waals surface area contributed by atoms with Gasteiger partial charge in [0.2, 0.25) is 0 Å². The summed E-state index contributed by atoms with van der Waals surface area (Å²) in [6.07, 6.45) is 7.14. The van der Waals surface area contributed by atoms with Crippen molar-refractivity contribution in [2.24, 2.45) is 16.7 Å². The monoisotopic (exact) mass is 354 g/mol. The molecule has 3 heteroatoms. The Morgan fingerprint density at radius 3 is 2.38 bits per heavy atom. The van der Waals surface area contributed by atoms with Crippen LogP contribution in [-0.4, -0.2) is 17.9 Å². The molecule has 3 nitrogen and oxygen atoms in total. The summed E-state index contributed by atoms with van der Waals surface area (Å²) in [4.78, 5) is 24.8. The molecule has 1 unspecified atom stereocenters. The second kappa shape index (κ2) is 6.21. The lowest BCUT2D eigenvalue weighted by molar-refractivity contribution is -0.121. The van der Waals surface area contributed by atoms with Crippen LogP contribution in [0.1, 0.15) is 87.6 Å². The Bertz CT molecular complexity index is 717. The molecule has 140 valence electrons. The highest BCUT2D eigenvalue weighted by molar-refractivity contribution is 5.90. The predicted molar refractivity (Wildman–Crippen MR) is 101 cm³/mol. The Labute approximate surface area is 156 Å². The molecule has 0 heterocycles. The zero-order chi connectivity index (χ0) is 18.5. The SMILES string of the molecule is CC1(C)[C@H]2CCC1(C)[C@H](OC(=O)c1ccc([C@H]3CCCCC3=O)cc1)C2. The normalized spacial score (nSPS) is 35.5. The molecule has 3 aliphatic carbocycles. The number of carbonyl (C=O) groups excluding carboxylic acids is 2. The van der Waals surface area contributed by atoms with Gasteiger partial charge in [-0.3, -0.25) is 4.79 Å². The van der Waals surface area contributed by atoms with Gasteiger partial charge in [0.05, 0.1) is 5.56 Å². The van der Waals surface area contributed by atoms with Crippen molar-refractivity contribution in [2.45, 2.75) is 77.7 Å². The van der Waals surface area contributed by atoms with Crippen LogP contribution < -0.4 is 0 Å². The van der Waals surface area contributed by atoms with E-state index in [1.165, 1.54) is 6.42 Å². The third kappa shape index (κ3) is 2.62. The van der Waals surface area contributed by atoms with Gasteiger partial charge in [0.1, 0.15) is 11.9 Å². The number of hydrogen-bond donors (Lipinski definition) is 0. The molecule has 4 atom stereocenters. The number of ether oxygens (including phenoxy) is 1. The number of rotatable bonds is 3. The number of Topliss-reactive ketones (excluding diaryl/α,β-unsaturated/α-hetero) is 1. The lowest BCUT2D eigenvalue weighted by atomic mass is 9.70. The van der Waals surface area contributed by atoms with Crippen molar-refractivity contribution >= 4 is 11.8 Å². The van der Waals surface area contributed by atoms with Crippen molar-refractivity contribution in [3.63, 3.8) is 0 Å². The van der Waals surface area contributed by atoms with Crippen LogP contribution >= 0.6 is 0 Å². The number of benzene rings is 1. The quantitative estimate of drug-likeness (QED) is 0.693. The summed E-state index contributed by atoms with van der Waals surface area (Å²) in [5.41, 5.74) is 1.96. The van der Waals surface area contributed by atoms with Crippen LogP contribution in [0.5, 0.6) is 0 Å². The first kappa shape index (κ1) is 17.8. The number of hydrogen-bond acceptors (Lipinski definition) is 3. The fourth-order valence-electron chi connectivity index (χ4n) is 5.69. The molecule has 0 saturated heterocycles. The largest absolute Gasteiger partial charge is 0.458 e. The maximum absolute atomic E-state index is 12.7. The molecule has 0 N–H and O–H groups in total. The van der Waals surface area contributed by atoms with E-state index in [9.17, 15) is 9.59 Å². The molecule has 0 spiro atoms. The Morgan fingerprint density at radius 1 is 1.08 bits per heavy atom. The molecule has 2 bridgehead atoms. The van der Waals surface area contributed by atoms with Crippen molar-refractivity contribution < 1.29 is 14.3 Å². The second-order valence-electron chi connectivity index (χ2n) is 9.39. The highest BCUT2D eigenvalue weighted by atomic mass is 16.5. The van der Waals surface area contributed by atoms with Crippen molar-refractivity contribution in [1.82, 2.24) is 0 Å². The van der Waals surface area contributed by atoms with Gasteiger partial charge in [0, 0.05) is 17.8 Å². The number of esters is 1. The second-order valence-corrected chi connectivity index (χ2v) is 9.39. The van der Waals surface area contributed by atoms with E-state index in [-0.39, 0.29) is 28.8 Å². The van der Waals surface area contributed by atoms with E-state index < -0.39 is 0 Å². The van der Waals surface area contributed by atoms with E-state index in [0.29, 0.717) is 23.7 Å². The molecule has 3 saturated carbocycles. The first-order valence-electron chi connectivity index (χ1n) is 10.2. The van der Waals surface area contributed by atoms with Crippen LogP contribution in [0, 0.1) is 16.7 Å². The molecular formula is C23H30O3. The summed E-state index contributed by atoms with van der Waals surface area (Å²) in [6.45, 7) is 6.94. The molecule has 0 aromatic heterocycles. The van der Waals surface area contributed by atoms with Gasteiger partial charge in [-0.25, -0.2) is 4.79 Å². The van der Waals surface area contributed by atoms with Gasteiger partial charge in [0.25, 0.3) is 0 Å². The van der Waals surface area contributed by atoms with E-state index in [0.717, 1.165) is 37.7 Å². The standard InChI is InChI=1S/C23H30O3/c1-22(2)17-12-13-23(22,3)20(14-17)26-21(25)16-10-8-15(9-11-16)18-6-4-5-7-19(18)24/h8-11,17-18,20H,4-7,12-14H2,1-3H3/t17-,18+,20+,23?/m0/s1. The molecule has 1 aromatic carbocycles. The molecule has 1 aromatic rings. The Kier molecular flexibility index (Phi) is 4.24. The molecule has 0 aliphatic heterocycles. The minimum absolute atomic E-state index is 0.0131. The Morgan fingerprint density at radius 2 is 1.81 bits per heavy atom. The van der Waals surface area contributed by atoms with Gasteiger partial charge >= 0.3 is 5.97 Å². The van der Waals surface area contributed by atoms with Gasteiger partial charge in [0.15, 0.2) is 0 Å². The van der Waals surface area contributed by atoms with Crippen molar-refractivity contribution in [3.05, 3.63) is 35.4 Å². The highest BCUT2D eigenvalue weighted by Gasteiger charge is 2.62. The van der Waals surface area contributed by atoms with Crippen molar-refractivity contribution in [1.29, 1.82) is 0 Å². The molecule has 4 rings (SSSR count). The minimum atomic E-state index is -0.221. The van der Waals surface area contributed by atoms with Crippen LogP contribution in [0.2, 0.25) is 0 Å². The highest BCUT2D eigenvalue weighted by Crippen LogP contribution is 2.66. The summed E-state index contributed by atoms with van der Waals surface area (Å²) >= 11 is 0. The summed E-state index contributed by atoms with van der Waals surface area (Å²) in [5, 5.41) is 0. The van der Waals surface area contributed by atoms with Gasteiger partial charge in [-0.15, -0.1) is 0 Å². The summed E-state index contributed by atoms with van der Waals surface area (Å²) in [5.74, 6) is 0.786. The topological polar surface area (TPSA) is 43.4 Å². The van der Waals surface area contributed by atoms with Gasteiger partial charge < -0.3 is 4.74 Å². The smallest absolute Gasteiger partial charge is 0.338 e. The van der Waals surface area contributed by atoms with E-state index in [1.807, 2.05) is 24.3 Å². The van der Waals surface area contributed by atoms with E-state index in [1.54, 1.807) is 0 Å². The Hall–Kier alpha value is -1.64. The summed E-state index contributed by atoms with van der Waals surface area (Å²) in [7, 11) is 0. The van der Waals surface area contributed by atoms with E-state index >= 15 is 0 Å². The fourth-order valence-corrected chi connectivity index (χ4v) is 5.69. The van der Waals surface area contributed by atoms with Crippen LogP contribution in [0.4, 0.5) is 0 Å². The molecule has 26 heavy (non-hydrogen) atoms. The minimum Gasteiger partial charge on any atom is -0.458 e. The van der Waals surface area contributed by atoms with Crippen LogP contribution in [0.3, 0.4) is 0 Å². The van der Waals surface area contributed by atoms with E-state index in [2.05, 4.69) is 20.8 Å². The van der Waals surface area contributed by atoms with Gasteiger partial charge in [-0.2, -0.15) is 0 Å². The van der Waals surface area contributed by atoms with Crippen molar-refractivity contribution in [2.75, 3.05) is 0 Å². The zero-order valence-corrected chi connectivity index (χ0v) is 16.2. The third-order valence-corrected chi connectivity index (χ3v) is 8.07. The maximum Gasteiger partial charge on any atom is 0.338 e. The average Bonchev–Trinajstić information content (AvgIpc) is 2.96. The summed E-state index contributed by atoms with van der Waals surface area (Å²) < 4.78 is 5.97. The first-order chi connectivity index (χ1) is 12.3. The first-order valence-corrected chi connectivity index (χ1v) is 10.2. The number of fused-ring (bicyclic) bond motifs is 2. The summed E-state index contributed by atoms with van der Waals surface area (Å²) in [6, 6.07) is 7.55. The fraction of sp³-hybridized carbons (Fsp3) is 0.652. The third-order valence-electron chi connectivity index (χ3n) is 8.07. The molecule has 3 aliphatic rings. The zero-order valence-electron chi connectivity index (χ0n) is 16.2. The van der Waals surface area contributed by atoms with Crippen LogP contribution in [0.15, 0.2) is 24.3 Å². The lowest BCUT2D eigenvalue weighted by Gasteiger charge is -2.38. The van der Waals surface area contributed by atoms with E-state index in [4.69, 9.17) is 4.74 Å². The maximum atomic E-state index is 12.7. The molecular weight excluding hydrogens is 324 g/mol. The molecule has 0 radical (unpaired) electrons. The number of carbonyl (C=O) groups is 2. The van der Waals surface area contributed by atoms with Crippen molar-refractivity contribution in [3.8, 4) is 0 Å². The lowest BCUT2D eigenvalue weighted by Crippen LogP contribution is -2.38. The predicted octanol–water partition coefficient (Wildman–Crippen LogP) is 5.28. The van der Waals surface area contributed by atoms with Gasteiger partial charge in [-0.1, -0.05) is 39.3 Å². The Balaban J connectivity index is 1.45. The number of ketones is 1. The van der Waals surface area contributed by atoms with Gasteiger partial charge in [-0.05, 0) is 61.1 Å². The van der Waals surface area contributed by atoms with Crippen LogP contribution in [0.25, 0.3) is 0 Å². The average molecular weight is 354 g/mol.